The molecule has 4 nitrogen and oxygen atoms in total. The molecular formula is C13H21NO3S. The third-order valence-corrected chi connectivity index (χ3v) is 3.32. The summed E-state index contributed by atoms with van der Waals surface area (Å²) in [6.45, 7) is 7.85. The van der Waals surface area contributed by atoms with E-state index in [-0.39, 0.29) is 17.6 Å². The molecular weight excluding hydrogens is 250 g/mol. The van der Waals surface area contributed by atoms with Crippen molar-refractivity contribution in [2.45, 2.75) is 39.5 Å². The van der Waals surface area contributed by atoms with Crippen LogP contribution in [0.25, 0.3) is 0 Å². The van der Waals surface area contributed by atoms with Crippen molar-refractivity contribution in [2.75, 3.05) is 11.0 Å². The van der Waals surface area contributed by atoms with Gasteiger partial charge >= 0.3 is 0 Å². The van der Waals surface area contributed by atoms with Crippen molar-refractivity contribution in [3.63, 3.8) is 0 Å². The number of benzene rings is 1. The first kappa shape index (κ1) is 14.8. The van der Waals surface area contributed by atoms with Crippen molar-refractivity contribution < 1.29 is 13.5 Å². The molecule has 0 bridgehead atoms. The van der Waals surface area contributed by atoms with Crippen LogP contribution >= 0.6 is 0 Å². The number of phenolic OH excluding ortho intramolecular Hbond substituents is 1. The summed E-state index contributed by atoms with van der Waals surface area (Å²) in [5.41, 5.74) is 2.02. The molecule has 102 valence electrons. The largest absolute Gasteiger partial charge is 0.507 e. The molecule has 18 heavy (non-hydrogen) atoms. The fourth-order valence-corrected chi connectivity index (χ4v) is 2.38. The summed E-state index contributed by atoms with van der Waals surface area (Å²) in [7, 11) is -3.31. The molecule has 1 rings (SSSR count). The summed E-state index contributed by atoms with van der Waals surface area (Å²) >= 11 is 0. The van der Waals surface area contributed by atoms with Gasteiger partial charge in [-0.25, -0.2) is 8.42 Å². The average Bonchev–Trinajstić information content (AvgIpc) is 2.17. The minimum absolute atomic E-state index is 0.129. The first-order chi connectivity index (χ1) is 8.11. The SMILES string of the molecule is CC(C)c1cc(NS(C)(=O)=O)cc(C(C)C)c1O. The maximum absolute atomic E-state index is 11.3. The van der Waals surface area contributed by atoms with E-state index in [1.165, 1.54) is 0 Å². The molecule has 1 aromatic carbocycles. The fraction of sp³-hybridized carbons (Fsp3) is 0.538. The van der Waals surface area contributed by atoms with E-state index < -0.39 is 10.0 Å². The first-order valence-electron chi connectivity index (χ1n) is 5.96. The number of anilines is 1. The molecule has 2 N–H and O–H groups in total. The Morgan fingerprint density at radius 3 is 1.72 bits per heavy atom. The zero-order chi connectivity index (χ0) is 14.1. The van der Waals surface area contributed by atoms with Gasteiger partial charge in [-0.05, 0) is 35.1 Å². The van der Waals surface area contributed by atoms with Gasteiger partial charge in [-0.15, -0.1) is 0 Å². The maximum Gasteiger partial charge on any atom is 0.229 e. The monoisotopic (exact) mass is 271 g/mol. The van der Waals surface area contributed by atoms with Crippen molar-refractivity contribution in [1.29, 1.82) is 0 Å². The minimum atomic E-state index is -3.31. The molecule has 0 atom stereocenters. The van der Waals surface area contributed by atoms with Crippen molar-refractivity contribution in [3.05, 3.63) is 23.3 Å². The maximum atomic E-state index is 11.3. The smallest absolute Gasteiger partial charge is 0.229 e. The Balaban J connectivity index is 3.38. The molecule has 0 aliphatic heterocycles. The zero-order valence-electron chi connectivity index (χ0n) is 11.5. The van der Waals surface area contributed by atoms with Gasteiger partial charge in [-0.1, -0.05) is 27.7 Å². The van der Waals surface area contributed by atoms with Crippen LogP contribution in [0.1, 0.15) is 50.7 Å². The molecule has 1 aromatic rings. The summed E-state index contributed by atoms with van der Waals surface area (Å²) < 4.78 is 25.0. The number of hydrogen-bond donors (Lipinski definition) is 2. The summed E-state index contributed by atoms with van der Waals surface area (Å²) in [6, 6.07) is 3.37. The predicted octanol–water partition coefficient (Wildman–Crippen LogP) is 3.01. The lowest BCUT2D eigenvalue weighted by Crippen LogP contribution is -2.10. The van der Waals surface area contributed by atoms with Gasteiger partial charge in [-0.2, -0.15) is 0 Å². The van der Waals surface area contributed by atoms with Crippen LogP contribution in [0.2, 0.25) is 0 Å². The fourth-order valence-electron chi connectivity index (χ4n) is 1.83. The molecule has 0 fully saturated rings. The number of sulfonamides is 1. The molecule has 0 unspecified atom stereocenters. The van der Waals surface area contributed by atoms with Gasteiger partial charge in [0.1, 0.15) is 5.75 Å². The molecule has 5 heteroatoms. The van der Waals surface area contributed by atoms with Crippen LogP contribution < -0.4 is 4.72 Å². The van der Waals surface area contributed by atoms with E-state index in [4.69, 9.17) is 0 Å². The van der Waals surface area contributed by atoms with Gasteiger partial charge in [-0.3, -0.25) is 4.72 Å². The van der Waals surface area contributed by atoms with Crippen LogP contribution in [0, 0.1) is 0 Å². The number of nitrogens with one attached hydrogen (secondary N) is 1. The van der Waals surface area contributed by atoms with Crippen LogP contribution in [0.3, 0.4) is 0 Å². The Morgan fingerprint density at radius 1 is 1.06 bits per heavy atom. The molecule has 0 saturated heterocycles. The predicted molar refractivity (Wildman–Crippen MR) is 74.8 cm³/mol. The van der Waals surface area contributed by atoms with Crippen LogP contribution in [0.15, 0.2) is 12.1 Å². The van der Waals surface area contributed by atoms with Crippen molar-refractivity contribution in [1.82, 2.24) is 0 Å². The molecule has 0 amide bonds. The lowest BCUT2D eigenvalue weighted by Gasteiger charge is -2.17. The van der Waals surface area contributed by atoms with E-state index in [1.807, 2.05) is 27.7 Å². The van der Waals surface area contributed by atoms with E-state index in [2.05, 4.69) is 4.72 Å². The Kier molecular flexibility index (Phi) is 4.27. The standard InChI is InChI=1S/C13H21NO3S/c1-8(2)11-6-10(14-18(5,16)17)7-12(9(3)4)13(11)15/h6-9,14-15H,1-5H3. The van der Waals surface area contributed by atoms with E-state index in [9.17, 15) is 13.5 Å². The van der Waals surface area contributed by atoms with Gasteiger partial charge in [0.05, 0.1) is 6.26 Å². The average molecular weight is 271 g/mol. The van der Waals surface area contributed by atoms with Gasteiger partial charge in [0.2, 0.25) is 10.0 Å². The Bertz CT molecular complexity index is 504. The molecule has 0 aliphatic carbocycles. The van der Waals surface area contributed by atoms with Gasteiger partial charge in [0, 0.05) is 5.69 Å². The highest BCUT2D eigenvalue weighted by molar-refractivity contribution is 7.92. The highest BCUT2D eigenvalue weighted by Gasteiger charge is 2.16. The Morgan fingerprint density at radius 2 is 1.44 bits per heavy atom. The lowest BCUT2D eigenvalue weighted by molar-refractivity contribution is 0.454. The number of aromatic hydroxyl groups is 1. The second-order valence-electron chi connectivity index (χ2n) is 5.19. The van der Waals surface area contributed by atoms with Gasteiger partial charge in [0.15, 0.2) is 0 Å². The van der Waals surface area contributed by atoms with Gasteiger partial charge < -0.3 is 5.11 Å². The van der Waals surface area contributed by atoms with Crippen molar-refractivity contribution in [3.8, 4) is 5.75 Å². The second kappa shape index (κ2) is 5.18. The van der Waals surface area contributed by atoms with Crippen LogP contribution in [-0.4, -0.2) is 19.8 Å². The van der Waals surface area contributed by atoms with E-state index >= 15 is 0 Å². The zero-order valence-corrected chi connectivity index (χ0v) is 12.3. The molecule has 0 spiro atoms. The Labute approximate surface area is 109 Å². The number of phenols is 1. The summed E-state index contributed by atoms with van der Waals surface area (Å²) in [5.74, 6) is 0.520. The van der Waals surface area contributed by atoms with Crippen LogP contribution in [0.5, 0.6) is 5.75 Å². The van der Waals surface area contributed by atoms with E-state index in [0.29, 0.717) is 5.69 Å². The molecule has 0 aliphatic rings. The first-order valence-corrected chi connectivity index (χ1v) is 7.85. The topological polar surface area (TPSA) is 66.4 Å². The summed E-state index contributed by atoms with van der Waals surface area (Å²) in [4.78, 5) is 0. The van der Waals surface area contributed by atoms with E-state index in [1.54, 1.807) is 12.1 Å². The third-order valence-electron chi connectivity index (χ3n) is 2.72. The molecule has 0 heterocycles. The third kappa shape index (κ3) is 3.63. The minimum Gasteiger partial charge on any atom is -0.507 e. The normalized spacial score (nSPS) is 12.2. The number of rotatable bonds is 4. The second-order valence-corrected chi connectivity index (χ2v) is 6.94. The lowest BCUT2D eigenvalue weighted by atomic mass is 9.93. The molecule has 0 saturated carbocycles. The highest BCUT2D eigenvalue weighted by atomic mass is 32.2. The van der Waals surface area contributed by atoms with Crippen molar-refractivity contribution >= 4 is 15.7 Å². The molecule has 0 aromatic heterocycles. The van der Waals surface area contributed by atoms with Crippen LogP contribution in [0.4, 0.5) is 5.69 Å². The summed E-state index contributed by atoms with van der Waals surface area (Å²) in [6.07, 6.45) is 1.12. The number of hydrogen-bond acceptors (Lipinski definition) is 3. The highest BCUT2D eigenvalue weighted by Crippen LogP contribution is 2.36. The summed E-state index contributed by atoms with van der Waals surface area (Å²) in [5, 5.41) is 10.2. The van der Waals surface area contributed by atoms with Gasteiger partial charge in [0.25, 0.3) is 0 Å². The quantitative estimate of drug-likeness (QED) is 0.827. The van der Waals surface area contributed by atoms with Crippen molar-refractivity contribution in [2.24, 2.45) is 0 Å². The van der Waals surface area contributed by atoms with Crippen LogP contribution in [-0.2, 0) is 10.0 Å². The Hall–Kier alpha value is -1.23. The van der Waals surface area contributed by atoms with E-state index in [0.717, 1.165) is 17.4 Å². The molecule has 0 radical (unpaired) electrons.